The van der Waals surface area contributed by atoms with Gasteiger partial charge in [0.2, 0.25) is 0 Å². The molecule has 0 saturated carbocycles. The van der Waals surface area contributed by atoms with Gasteiger partial charge in [0.1, 0.15) is 10.0 Å². The van der Waals surface area contributed by atoms with E-state index in [1.807, 2.05) is 0 Å². The van der Waals surface area contributed by atoms with Crippen LogP contribution in [0.3, 0.4) is 0 Å². The van der Waals surface area contributed by atoms with Crippen LogP contribution in [0.15, 0.2) is 67.9 Å². The molecule has 0 aliphatic carbocycles. The molecule has 1 amide bonds. The summed E-state index contributed by atoms with van der Waals surface area (Å²) in [6.45, 7) is 3.67. The Morgan fingerprint density at radius 2 is 2.00 bits per heavy atom. The van der Waals surface area contributed by atoms with E-state index in [0.29, 0.717) is 0 Å². The number of hydrogen-bond acceptors (Lipinski definition) is 5. The molecule has 2 aromatic rings. The summed E-state index contributed by atoms with van der Waals surface area (Å²) in [6.07, 6.45) is 2.86. The van der Waals surface area contributed by atoms with E-state index in [1.165, 1.54) is 35.3 Å². The Kier molecular flexibility index (Phi) is 5.40. The summed E-state index contributed by atoms with van der Waals surface area (Å²) in [6, 6.07) is 9.07. The van der Waals surface area contributed by atoms with E-state index in [1.54, 1.807) is 23.6 Å². The van der Waals surface area contributed by atoms with Crippen LogP contribution in [-0.4, -0.2) is 30.9 Å². The first-order valence-electron chi connectivity index (χ1n) is 7.37. The highest BCUT2D eigenvalue weighted by Gasteiger charge is 2.34. The fraction of sp³-hybridized carbons (Fsp3) is 0.0588. The van der Waals surface area contributed by atoms with E-state index in [0.717, 1.165) is 23.1 Å². The van der Waals surface area contributed by atoms with Crippen LogP contribution in [0, 0.1) is 5.82 Å². The van der Waals surface area contributed by atoms with Crippen LogP contribution in [0.5, 0.6) is 0 Å². The van der Waals surface area contributed by atoms with Gasteiger partial charge in [-0.3, -0.25) is 9.69 Å². The smallest absolute Gasteiger partial charge is 0.282 e. The van der Waals surface area contributed by atoms with E-state index >= 15 is 0 Å². The molecule has 1 aliphatic rings. The molecule has 0 radical (unpaired) electrons. The first-order valence-corrected chi connectivity index (χ1v) is 10.5. The van der Waals surface area contributed by atoms with Crippen LogP contribution in [0.2, 0.25) is 0 Å². The normalized spacial score (nSPS) is 18.0. The van der Waals surface area contributed by atoms with Crippen LogP contribution in [0.25, 0.3) is 6.08 Å². The molecule has 0 bridgehead atoms. The van der Waals surface area contributed by atoms with E-state index in [2.05, 4.69) is 11.0 Å². The lowest BCUT2D eigenvalue weighted by Gasteiger charge is -2.12. The molecule has 1 aromatic heterocycles. The third-order valence-electron chi connectivity index (χ3n) is 3.34. The fourth-order valence-corrected chi connectivity index (χ4v) is 5.31. The topological polar surface area (TPSA) is 66.8 Å². The second-order valence-corrected chi connectivity index (χ2v) is 8.91. The van der Waals surface area contributed by atoms with Crippen molar-refractivity contribution in [2.24, 2.45) is 4.40 Å². The van der Waals surface area contributed by atoms with Crippen molar-refractivity contribution in [2.45, 2.75) is 4.21 Å². The number of benzene rings is 1. The lowest BCUT2D eigenvalue weighted by atomic mass is 10.2. The van der Waals surface area contributed by atoms with Gasteiger partial charge in [0.25, 0.3) is 15.9 Å². The maximum absolute atomic E-state index is 13.8. The van der Waals surface area contributed by atoms with Crippen molar-refractivity contribution in [3.8, 4) is 0 Å². The van der Waals surface area contributed by atoms with Gasteiger partial charge in [0.15, 0.2) is 5.17 Å². The predicted octanol–water partition coefficient (Wildman–Crippen LogP) is 3.73. The average Bonchev–Trinajstić information content (AvgIpc) is 3.22. The first-order chi connectivity index (χ1) is 12.4. The zero-order valence-corrected chi connectivity index (χ0v) is 15.8. The highest BCUT2D eigenvalue weighted by molar-refractivity contribution is 8.19. The molecule has 2 heterocycles. The summed E-state index contributed by atoms with van der Waals surface area (Å²) in [4.78, 5) is 14.0. The third kappa shape index (κ3) is 3.79. The molecule has 0 N–H and O–H groups in total. The number of hydrogen-bond donors (Lipinski definition) is 0. The van der Waals surface area contributed by atoms with Gasteiger partial charge in [-0.25, -0.2) is 4.39 Å². The minimum Gasteiger partial charge on any atom is -0.282 e. The molecule has 0 spiro atoms. The minimum atomic E-state index is -3.92. The molecule has 5 nitrogen and oxygen atoms in total. The van der Waals surface area contributed by atoms with E-state index in [-0.39, 0.29) is 26.4 Å². The van der Waals surface area contributed by atoms with Crippen molar-refractivity contribution in [3.05, 3.63) is 70.7 Å². The second-order valence-electron chi connectivity index (χ2n) is 5.12. The van der Waals surface area contributed by atoms with Crippen LogP contribution < -0.4 is 0 Å². The van der Waals surface area contributed by atoms with Gasteiger partial charge in [0, 0.05) is 12.1 Å². The largest absolute Gasteiger partial charge is 0.294 e. The van der Waals surface area contributed by atoms with Gasteiger partial charge in [0.05, 0.1) is 4.91 Å². The van der Waals surface area contributed by atoms with E-state index in [4.69, 9.17) is 0 Å². The highest BCUT2D eigenvalue weighted by Crippen LogP contribution is 2.34. The van der Waals surface area contributed by atoms with Gasteiger partial charge in [-0.05, 0) is 35.4 Å². The van der Waals surface area contributed by atoms with Crippen LogP contribution in [-0.2, 0) is 14.8 Å². The van der Waals surface area contributed by atoms with Gasteiger partial charge >= 0.3 is 0 Å². The quantitative estimate of drug-likeness (QED) is 0.558. The summed E-state index contributed by atoms with van der Waals surface area (Å²) in [7, 11) is -3.92. The van der Waals surface area contributed by atoms with Crippen molar-refractivity contribution in [2.75, 3.05) is 6.54 Å². The lowest BCUT2D eigenvalue weighted by molar-refractivity contribution is -0.121. The van der Waals surface area contributed by atoms with Gasteiger partial charge in [-0.2, -0.15) is 8.42 Å². The fourth-order valence-electron chi connectivity index (χ4n) is 2.16. The molecule has 26 heavy (non-hydrogen) atoms. The zero-order valence-electron chi connectivity index (χ0n) is 13.3. The standard InChI is InChI=1S/C17H13FN2O3S3/c1-2-9-20-16(21)14(11-12-6-3-4-7-13(12)18)25-17(20)19-26(22,23)15-8-5-10-24-15/h2-8,10-11H,1,9H2/b14-11-,19-17+. The Labute approximate surface area is 158 Å². The number of rotatable bonds is 5. The van der Waals surface area contributed by atoms with Gasteiger partial charge in [-0.15, -0.1) is 22.3 Å². The molecule has 1 saturated heterocycles. The Balaban J connectivity index is 2.01. The number of nitrogens with zero attached hydrogens (tertiary/aromatic N) is 2. The number of halogens is 1. The maximum atomic E-state index is 13.8. The van der Waals surface area contributed by atoms with Crippen molar-refractivity contribution >= 4 is 50.3 Å². The molecule has 9 heteroatoms. The molecular formula is C17H13FN2O3S3. The van der Waals surface area contributed by atoms with Crippen LogP contribution >= 0.6 is 23.1 Å². The number of carbonyl (C=O) groups excluding carboxylic acids is 1. The van der Waals surface area contributed by atoms with Crippen molar-refractivity contribution < 1.29 is 17.6 Å². The van der Waals surface area contributed by atoms with Gasteiger partial charge in [-0.1, -0.05) is 30.3 Å². The van der Waals surface area contributed by atoms with Crippen molar-refractivity contribution in [1.29, 1.82) is 0 Å². The summed E-state index contributed by atoms with van der Waals surface area (Å²) in [5.41, 5.74) is 0.240. The van der Waals surface area contributed by atoms with Crippen molar-refractivity contribution in [3.63, 3.8) is 0 Å². The zero-order chi connectivity index (χ0) is 18.7. The van der Waals surface area contributed by atoms with Gasteiger partial charge < -0.3 is 0 Å². The number of amides is 1. The third-order valence-corrected chi connectivity index (χ3v) is 7.10. The number of carbonyl (C=O) groups is 1. The maximum Gasteiger partial charge on any atom is 0.294 e. The minimum absolute atomic E-state index is 0.0193. The summed E-state index contributed by atoms with van der Waals surface area (Å²) in [5.74, 6) is -0.918. The highest BCUT2D eigenvalue weighted by atomic mass is 32.2. The average molecular weight is 409 g/mol. The molecule has 1 aromatic carbocycles. The Morgan fingerprint density at radius 1 is 1.23 bits per heavy atom. The van der Waals surface area contributed by atoms with Crippen molar-refractivity contribution in [1.82, 2.24) is 4.90 Å². The van der Waals surface area contributed by atoms with E-state index in [9.17, 15) is 17.6 Å². The monoisotopic (exact) mass is 408 g/mol. The molecule has 0 unspecified atom stereocenters. The number of amidine groups is 1. The summed E-state index contributed by atoms with van der Waals surface area (Å²) in [5, 5.41) is 1.65. The lowest BCUT2D eigenvalue weighted by Crippen LogP contribution is -2.29. The Morgan fingerprint density at radius 3 is 2.65 bits per heavy atom. The molecular weight excluding hydrogens is 395 g/mol. The number of sulfonamides is 1. The number of thiophene rings is 1. The molecule has 1 fully saturated rings. The SMILES string of the molecule is C=CCN1C(=O)/C(=C/c2ccccc2F)S/C1=N/S(=O)(=O)c1cccs1. The van der Waals surface area contributed by atoms with E-state index < -0.39 is 21.7 Å². The van der Waals surface area contributed by atoms with Crippen LogP contribution in [0.1, 0.15) is 5.56 Å². The Bertz CT molecular complexity index is 1010. The molecule has 1 aliphatic heterocycles. The van der Waals surface area contributed by atoms with Crippen LogP contribution in [0.4, 0.5) is 4.39 Å². The summed E-state index contributed by atoms with van der Waals surface area (Å²) >= 11 is 1.93. The number of thioether (sulfide) groups is 1. The molecule has 3 rings (SSSR count). The second kappa shape index (κ2) is 7.56. The molecule has 134 valence electrons. The Hall–Kier alpha value is -2.23. The molecule has 0 atom stereocenters. The predicted molar refractivity (Wildman–Crippen MR) is 103 cm³/mol. The first kappa shape index (κ1) is 18.6. The summed E-state index contributed by atoms with van der Waals surface area (Å²) < 4.78 is 42.5.